The predicted molar refractivity (Wildman–Crippen MR) is 69.1 cm³/mol. The fourth-order valence-electron chi connectivity index (χ4n) is 1.99. The first kappa shape index (κ1) is 11.5. The Balaban J connectivity index is 2.66. The Morgan fingerprint density at radius 1 is 1.38 bits per heavy atom. The summed E-state index contributed by atoms with van der Waals surface area (Å²) in [6.45, 7) is 6.47. The maximum atomic E-state index is 6.04. The van der Waals surface area contributed by atoms with Crippen LogP contribution in [0.4, 0.5) is 0 Å². The lowest BCUT2D eigenvalue weighted by Crippen LogP contribution is -2.02. The highest BCUT2D eigenvalue weighted by atomic mass is 35.5. The van der Waals surface area contributed by atoms with Crippen molar-refractivity contribution in [3.63, 3.8) is 0 Å². The Bertz CT molecular complexity index is 500. The van der Waals surface area contributed by atoms with Gasteiger partial charge >= 0.3 is 0 Å². The fraction of sp³-hybridized carbons (Fsp3) is 0.462. The number of fused-ring (bicyclic) bond motifs is 1. The highest BCUT2D eigenvalue weighted by molar-refractivity contribution is 6.31. The number of aryl methyl sites for hydroxylation is 1. The van der Waals surface area contributed by atoms with Gasteiger partial charge in [0.05, 0.1) is 11.2 Å². The predicted octanol–water partition coefficient (Wildman–Crippen LogP) is 4.22. The Morgan fingerprint density at radius 3 is 2.75 bits per heavy atom. The molecule has 16 heavy (non-hydrogen) atoms. The van der Waals surface area contributed by atoms with Crippen molar-refractivity contribution in [2.45, 2.75) is 39.7 Å². The van der Waals surface area contributed by atoms with Gasteiger partial charge in [-0.25, -0.2) is 0 Å². The Labute approximate surface area is 101 Å². The van der Waals surface area contributed by atoms with Crippen molar-refractivity contribution in [2.24, 2.45) is 0 Å². The zero-order chi connectivity index (χ0) is 11.7. The summed E-state index contributed by atoms with van der Waals surface area (Å²) in [7, 11) is 0. The van der Waals surface area contributed by atoms with Gasteiger partial charge in [0.25, 0.3) is 0 Å². The number of aromatic nitrogens is 2. The van der Waals surface area contributed by atoms with E-state index in [2.05, 4.69) is 36.6 Å². The van der Waals surface area contributed by atoms with Gasteiger partial charge in [0.2, 0.25) is 0 Å². The molecule has 2 rings (SSSR count). The molecule has 0 aliphatic carbocycles. The molecule has 1 aromatic heterocycles. The van der Waals surface area contributed by atoms with Crippen molar-refractivity contribution >= 4 is 22.5 Å². The number of hydrogen-bond acceptors (Lipinski definition) is 1. The summed E-state index contributed by atoms with van der Waals surface area (Å²) >= 11 is 6.04. The second kappa shape index (κ2) is 4.46. The van der Waals surface area contributed by atoms with Crippen LogP contribution < -0.4 is 0 Å². The molecule has 1 aromatic carbocycles. The minimum atomic E-state index is 0.384. The second-order valence-electron chi connectivity index (χ2n) is 4.40. The normalized spacial score (nSPS) is 11.6. The van der Waals surface area contributed by atoms with Crippen molar-refractivity contribution in [3.05, 3.63) is 28.9 Å². The van der Waals surface area contributed by atoms with Crippen LogP contribution in [0.5, 0.6) is 0 Å². The summed E-state index contributed by atoms with van der Waals surface area (Å²) in [6.07, 6.45) is 2.12. The Hall–Kier alpha value is -1.02. The number of hydrogen-bond donors (Lipinski definition) is 0. The largest absolute Gasteiger partial charge is 0.262 e. The van der Waals surface area contributed by atoms with Crippen LogP contribution in [0.25, 0.3) is 10.9 Å². The zero-order valence-corrected chi connectivity index (χ0v) is 10.8. The number of nitrogens with zero attached hydrogens (tertiary/aromatic N) is 2. The van der Waals surface area contributed by atoms with Crippen LogP contribution in [-0.2, 0) is 6.42 Å². The van der Waals surface area contributed by atoms with Crippen molar-refractivity contribution in [2.75, 3.05) is 0 Å². The minimum absolute atomic E-state index is 0.384. The second-order valence-corrected chi connectivity index (χ2v) is 4.83. The third-order valence-corrected chi connectivity index (χ3v) is 2.96. The van der Waals surface area contributed by atoms with Crippen LogP contribution in [0.15, 0.2) is 18.2 Å². The quantitative estimate of drug-likeness (QED) is 0.780. The average Bonchev–Trinajstić information content (AvgIpc) is 2.58. The minimum Gasteiger partial charge on any atom is -0.262 e. The van der Waals surface area contributed by atoms with E-state index < -0.39 is 0 Å². The van der Waals surface area contributed by atoms with E-state index in [-0.39, 0.29) is 0 Å². The van der Waals surface area contributed by atoms with Crippen molar-refractivity contribution in [3.8, 4) is 0 Å². The van der Waals surface area contributed by atoms with Crippen LogP contribution in [0.1, 0.15) is 38.9 Å². The van der Waals surface area contributed by atoms with Gasteiger partial charge in [0.1, 0.15) is 0 Å². The molecule has 86 valence electrons. The summed E-state index contributed by atoms with van der Waals surface area (Å²) in [6, 6.07) is 6.40. The lowest BCUT2D eigenvalue weighted by Gasteiger charge is -2.06. The fourth-order valence-corrected chi connectivity index (χ4v) is 2.16. The molecule has 0 fully saturated rings. The van der Waals surface area contributed by atoms with Gasteiger partial charge in [0, 0.05) is 16.5 Å². The monoisotopic (exact) mass is 236 g/mol. The van der Waals surface area contributed by atoms with Crippen LogP contribution in [0, 0.1) is 0 Å². The summed E-state index contributed by atoms with van der Waals surface area (Å²) in [4.78, 5) is 0. The molecule has 0 unspecified atom stereocenters. The maximum Gasteiger partial charge on any atom is 0.0703 e. The van der Waals surface area contributed by atoms with Crippen LogP contribution >= 0.6 is 11.6 Å². The topological polar surface area (TPSA) is 17.8 Å². The van der Waals surface area contributed by atoms with Gasteiger partial charge in [-0.3, -0.25) is 4.68 Å². The van der Waals surface area contributed by atoms with E-state index in [4.69, 9.17) is 11.6 Å². The van der Waals surface area contributed by atoms with Crippen molar-refractivity contribution < 1.29 is 0 Å². The average molecular weight is 237 g/mol. The third-order valence-electron chi connectivity index (χ3n) is 2.72. The van der Waals surface area contributed by atoms with Gasteiger partial charge < -0.3 is 0 Å². The van der Waals surface area contributed by atoms with E-state index in [1.54, 1.807) is 0 Å². The molecule has 0 bridgehead atoms. The summed E-state index contributed by atoms with van der Waals surface area (Å²) in [5, 5.41) is 6.66. The summed E-state index contributed by atoms with van der Waals surface area (Å²) < 4.78 is 2.08. The Morgan fingerprint density at radius 2 is 2.12 bits per heavy atom. The molecule has 1 heterocycles. The van der Waals surface area contributed by atoms with E-state index in [9.17, 15) is 0 Å². The number of benzene rings is 1. The van der Waals surface area contributed by atoms with Crippen LogP contribution in [0.3, 0.4) is 0 Å². The van der Waals surface area contributed by atoms with Crippen molar-refractivity contribution in [1.82, 2.24) is 9.78 Å². The molecular weight excluding hydrogens is 220 g/mol. The summed E-state index contributed by atoms with van der Waals surface area (Å²) in [5.74, 6) is 0. The summed E-state index contributed by atoms with van der Waals surface area (Å²) in [5.41, 5.74) is 2.34. The highest BCUT2D eigenvalue weighted by Crippen LogP contribution is 2.25. The molecule has 2 aromatic rings. The molecule has 3 heteroatoms. The maximum absolute atomic E-state index is 6.04. The number of halogens is 1. The van der Waals surface area contributed by atoms with E-state index in [0.717, 1.165) is 23.6 Å². The third kappa shape index (κ3) is 1.94. The van der Waals surface area contributed by atoms with E-state index in [1.165, 1.54) is 10.9 Å². The molecule has 0 N–H and O–H groups in total. The van der Waals surface area contributed by atoms with E-state index in [0.29, 0.717) is 6.04 Å². The van der Waals surface area contributed by atoms with E-state index >= 15 is 0 Å². The molecule has 2 nitrogen and oxygen atoms in total. The molecule has 0 saturated heterocycles. The first-order chi connectivity index (χ1) is 7.63. The molecule has 0 spiro atoms. The molecule has 0 amide bonds. The SMILES string of the molecule is CCCc1nn(C(C)C)c2ccc(Cl)cc12. The first-order valence-electron chi connectivity index (χ1n) is 5.80. The lowest BCUT2D eigenvalue weighted by atomic mass is 10.1. The van der Waals surface area contributed by atoms with Crippen molar-refractivity contribution in [1.29, 1.82) is 0 Å². The highest BCUT2D eigenvalue weighted by Gasteiger charge is 2.11. The van der Waals surface area contributed by atoms with Gasteiger partial charge in [-0.2, -0.15) is 5.10 Å². The lowest BCUT2D eigenvalue weighted by molar-refractivity contribution is 0.543. The molecule has 0 saturated carbocycles. The molecule has 0 atom stereocenters. The number of rotatable bonds is 3. The zero-order valence-electron chi connectivity index (χ0n) is 10.00. The first-order valence-corrected chi connectivity index (χ1v) is 6.18. The molecule has 0 aliphatic heterocycles. The van der Waals surface area contributed by atoms with E-state index in [1.807, 2.05) is 12.1 Å². The van der Waals surface area contributed by atoms with Crippen LogP contribution in [-0.4, -0.2) is 9.78 Å². The van der Waals surface area contributed by atoms with Gasteiger partial charge in [-0.15, -0.1) is 0 Å². The van der Waals surface area contributed by atoms with Gasteiger partial charge in [-0.05, 0) is 38.5 Å². The molecular formula is C13H17ClN2. The van der Waals surface area contributed by atoms with Gasteiger partial charge in [0.15, 0.2) is 0 Å². The molecule has 0 radical (unpaired) electrons. The van der Waals surface area contributed by atoms with Crippen LogP contribution in [0.2, 0.25) is 5.02 Å². The van der Waals surface area contributed by atoms with Gasteiger partial charge in [-0.1, -0.05) is 24.9 Å². The smallest absolute Gasteiger partial charge is 0.0703 e. The molecule has 0 aliphatic rings. The standard InChI is InChI=1S/C13H17ClN2/c1-4-5-12-11-8-10(14)6-7-13(11)16(15-12)9(2)3/h6-9H,4-5H2,1-3H3. The Kier molecular flexibility index (Phi) is 3.20.